The molecule has 3 fully saturated rings. The minimum atomic E-state index is -0.0826. The van der Waals surface area contributed by atoms with Crippen LogP contribution >= 0.6 is 0 Å². The maximum absolute atomic E-state index is 14.3. The van der Waals surface area contributed by atoms with E-state index in [1.54, 1.807) is 12.1 Å². The number of nitrogens with one attached hydrogen (secondary N) is 1. The Morgan fingerprint density at radius 2 is 2.00 bits per heavy atom. The first-order chi connectivity index (χ1) is 13.2. The van der Waals surface area contributed by atoms with Gasteiger partial charge in [0.2, 0.25) is 0 Å². The van der Waals surface area contributed by atoms with Crippen molar-refractivity contribution in [1.82, 2.24) is 15.1 Å². The lowest BCUT2D eigenvalue weighted by Gasteiger charge is -2.24. The van der Waals surface area contributed by atoms with Gasteiger partial charge in [0.15, 0.2) is 5.96 Å². The SMILES string of the molecule is CCNC(=NCC1(c2ccccc2F)CC1)N1CCC(CN2CCCC2)C1. The largest absolute Gasteiger partial charge is 0.357 e. The first-order valence-electron chi connectivity index (χ1n) is 10.7. The molecule has 1 unspecified atom stereocenters. The van der Waals surface area contributed by atoms with E-state index in [9.17, 15) is 4.39 Å². The smallest absolute Gasteiger partial charge is 0.193 e. The predicted molar refractivity (Wildman–Crippen MR) is 109 cm³/mol. The van der Waals surface area contributed by atoms with Crippen molar-refractivity contribution >= 4 is 5.96 Å². The molecule has 1 saturated carbocycles. The van der Waals surface area contributed by atoms with E-state index in [0.717, 1.165) is 49.9 Å². The first kappa shape index (κ1) is 18.7. The molecule has 0 spiro atoms. The molecule has 1 N–H and O–H groups in total. The standard InChI is InChI=1S/C22H33FN4/c1-2-24-21(27-14-9-18(16-27)15-26-12-5-6-13-26)25-17-22(10-11-22)19-7-3-4-8-20(19)23/h3-4,7-8,18H,2,5-6,9-17H2,1H3,(H,24,25). The number of rotatable bonds is 6. The number of benzene rings is 1. The van der Waals surface area contributed by atoms with Gasteiger partial charge in [-0.15, -0.1) is 0 Å². The van der Waals surface area contributed by atoms with Crippen LogP contribution < -0.4 is 5.32 Å². The highest BCUT2D eigenvalue weighted by Gasteiger charge is 2.46. The summed E-state index contributed by atoms with van der Waals surface area (Å²) in [6, 6.07) is 7.23. The van der Waals surface area contributed by atoms with Crippen molar-refractivity contribution in [2.24, 2.45) is 10.9 Å². The highest BCUT2D eigenvalue weighted by molar-refractivity contribution is 5.80. The van der Waals surface area contributed by atoms with Crippen LogP contribution in [0.4, 0.5) is 4.39 Å². The fourth-order valence-corrected chi connectivity index (χ4v) is 4.71. The van der Waals surface area contributed by atoms with Crippen LogP contribution in [0, 0.1) is 11.7 Å². The third-order valence-electron chi connectivity index (χ3n) is 6.47. The Labute approximate surface area is 162 Å². The van der Waals surface area contributed by atoms with Gasteiger partial charge in [0.05, 0.1) is 6.54 Å². The van der Waals surface area contributed by atoms with Gasteiger partial charge in [0, 0.05) is 31.6 Å². The molecule has 4 rings (SSSR count). The maximum atomic E-state index is 14.3. The van der Waals surface area contributed by atoms with Crippen LogP contribution in [0.15, 0.2) is 29.3 Å². The number of likely N-dealkylation sites (tertiary alicyclic amines) is 2. The molecule has 3 aliphatic rings. The average Bonchev–Trinajstić information content (AvgIpc) is 3.05. The van der Waals surface area contributed by atoms with Crippen LogP contribution in [0.3, 0.4) is 0 Å². The van der Waals surface area contributed by atoms with Crippen molar-refractivity contribution in [3.8, 4) is 0 Å². The Morgan fingerprint density at radius 3 is 2.70 bits per heavy atom. The number of nitrogens with zero attached hydrogens (tertiary/aromatic N) is 3. The van der Waals surface area contributed by atoms with E-state index in [1.165, 1.54) is 38.9 Å². The number of hydrogen-bond donors (Lipinski definition) is 1. The van der Waals surface area contributed by atoms with Gasteiger partial charge in [-0.3, -0.25) is 4.99 Å². The normalized spacial score (nSPS) is 25.2. The molecule has 148 valence electrons. The van der Waals surface area contributed by atoms with E-state index < -0.39 is 0 Å². The van der Waals surface area contributed by atoms with Crippen molar-refractivity contribution in [2.45, 2.75) is 44.4 Å². The molecule has 1 aromatic carbocycles. The molecule has 0 bridgehead atoms. The summed E-state index contributed by atoms with van der Waals surface area (Å²) in [6.07, 6.45) is 6.04. The third kappa shape index (κ3) is 4.29. The minimum absolute atomic E-state index is 0.0814. The van der Waals surface area contributed by atoms with E-state index in [2.05, 4.69) is 22.0 Å². The second-order valence-corrected chi connectivity index (χ2v) is 8.54. The summed E-state index contributed by atoms with van der Waals surface area (Å²) >= 11 is 0. The quantitative estimate of drug-likeness (QED) is 0.614. The zero-order valence-corrected chi connectivity index (χ0v) is 16.6. The van der Waals surface area contributed by atoms with Gasteiger partial charge >= 0.3 is 0 Å². The van der Waals surface area contributed by atoms with Crippen molar-refractivity contribution in [2.75, 3.05) is 45.8 Å². The fourth-order valence-electron chi connectivity index (χ4n) is 4.71. The van der Waals surface area contributed by atoms with Gasteiger partial charge < -0.3 is 15.1 Å². The van der Waals surface area contributed by atoms with Gasteiger partial charge in [-0.2, -0.15) is 0 Å². The average molecular weight is 373 g/mol. The fraction of sp³-hybridized carbons (Fsp3) is 0.682. The van der Waals surface area contributed by atoms with E-state index in [0.29, 0.717) is 6.54 Å². The summed E-state index contributed by atoms with van der Waals surface area (Å²) in [7, 11) is 0. The summed E-state index contributed by atoms with van der Waals surface area (Å²) in [5.41, 5.74) is 0.763. The molecule has 5 heteroatoms. The second-order valence-electron chi connectivity index (χ2n) is 8.54. The molecule has 0 radical (unpaired) electrons. The second kappa shape index (κ2) is 8.17. The van der Waals surface area contributed by atoms with Gasteiger partial charge in [-0.05, 0) is 69.7 Å². The van der Waals surface area contributed by atoms with Crippen LogP contribution in [0.2, 0.25) is 0 Å². The summed E-state index contributed by atoms with van der Waals surface area (Å²) < 4.78 is 14.3. The topological polar surface area (TPSA) is 30.9 Å². The van der Waals surface area contributed by atoms with Crippen LogP contribution in [0.1, 0.15) is 44.6 Å². The summed E-state index contributed by atoms with van der Waals surface area (Å²) in [5.74, 6) is 1.68. The summed E-state index contributed by atoms with van der Waals surface area (Å²) in [4.78, 5) is 10.0. The minimum Gasteiger partial charge on any atom is -0.357 e. The maximum Gasteiger partial charge on any atom is 0.193 e. The first-order valence-corrected chi connectivity index (χ1v) is 10.7. The molecular weight excluding hydrogens is 339 g/mol. The zero-order valence-electron chi connectivity index (χ0n) is 16.6. The summed E-state index contributed by atoms with van der Waals surface area (Å²) in [5, 5.41) is 3.47. The molecule has 2 heterocycles. The Balaban J connectivity index is 1.40. The molecule has 0 amide bonds. The number of hydrogen-bond acceptors (Lipinski definition) is 2. The molecular formula is C22H33FN4. The van der Waals surface area contributed by atoms with E-state index >= 15 is 0 Å². The molecule has 2 saturated heterocycles. The van der Waals surface area contributed by atoms with Crippen LogP contribution in [-0.2, 0) is 5.41 Å². The van der Waals surface area contributed by atoms with Crippen LogP contribution in [-0.4, -0.2) is 61.6 Å². The van der Waals surface area contributed by atoms with Gasteiger partial charge in [-0.25, -0.2) is 4.39 Å². The predicted octanol–water partition coefficient (Wildman–Crippen LogP) is 3.24. The Hall–Kier alpha value is -1.62. The van der Waals surface area contributed by atoms with Gasteiger partial charge in [0.1, 0.15) is 5.82 Å². The molecule has 4 nitrogen and oxygen atoms in total. The summed E-state index contributed by atoms with van der Waals surface area (Å²) in [6.45, 7) is 9.63. The van der Waals surface area contributed by atoms with Crippen molar-refractivity contribution < 1.29 is 4.39 Å². The molecule has 1 aromatic rings. The van der Waals surface area contributed by atoms with E-state index in [4.69, 9.17) is 4.99 Å². The number of halogens is 1. The van der Waals surface area contributed by atoms with Gasteiger partial charge in [0.25, 0.3) is 0 Å². The molecule has 27 heavy (non-hydrogen) atoms. The number of aliphatic imine (C=N–C) groups is 1. The molecule has 0 aromatic heterocycles. The lowest BCUT2D eigenvalue weighted by Crippen LogP contribution is -2.41. The van der Waals surface area contributed by atoms with Crippen LogP contribution in [0.25, 0.3) is 0 Å². The highest BCUT2D eigenvalue weighted by Crippen LogP contribution is 2.49. The number of guanidine groups is 1. The molecule has 1 atom stereocenters. The Bertz CT molecular complexity index is 664. The van der Waals surface area contributed by atoms with E-state index in [1.807, 2.05) is 12.1 Å². The monoisotopic (exact) mass is 372 g/mol. The lowest BCUT2D eigenvalue weighted by atomic mass is 9.95. The highest BCUT2D eigenvalue weighted by atomic mass is 19.1. The molecule has 2 aliphatic heterocycles. The van der Waals surface area contributed by atoms with Crippen molar-refractivity contribution in [1.29, 1.82) is 0 Å². The van der Waals surface area contributed by atoms with Gasteiger partial charge in [-0.1, -0.05) is 18.2 Å². The lowest BCUT2D eigenvalue weighted by molar-refractivity contribution is 0.281. The zero-order chi connectivity index (χ0) is 18.7. The van der Waals surface area contributed by atoms with Crippen molar-refractivity contribution in [3.05, 3.63) is 35.6 Å². The molecule has 1 aliphatic carbocycles. The van der Waals surface area contributed by atoms with Crippen LogP contribution in [0.5, 0.6) is 0 Å². The van der Waals surface area contributed by atoms with E-state index in [-0.39, 0.29) is 11.2 Å². The third-order valence-corrected chi connectivity index (χ3v) is 6.47. The Morgan fingerprint density at radius 1 is 1.22 bits per heavy atom. The van der Waals surface area contributed by atoms with Crippen molar-refractivity contribution in [3.63, 3.8) is 0 Å². The Kier molecular flexibility index (Phi) is 5.67.